The van der Waals surface area contributed by atoms with Gasteiger partial charge in [0, 0.05) is 24.8 Å². The summed E-state index contributed by atoms with van der Waals surface area (Å²) in [6.45, 7) is 0. The van der Waals surface area contributed by atoms with Gasteiger partial charge >= 0.3 is 15.6 Å². The van der Waals surface area contributed by atoms with E-state index in [4.69, 9.17) is 0 Å². The number of allylic oxidation sites excluding steroid dienone is 1. The zero-order valence-corrected chi connectivity index (χ0v) is 13.9. The molecular formula is C16H15F3N2O3S+. The average Bonchev–Trinajstić information content (AvgIpc) is 3.13. The van der Waals surface area contributed by atoms with Crippen LogP contribution in [-0.4, -0.2) is 20.3 Å². The topological polar surface area (TPSA) is 61.6 Å². The number of hydrogen-bond acceptors (Lipinski definition) is 5. The van der Waals surface area contributed by atoms with Crippen LogP contribution in [0.25, 0.3) is 0 Å². The molecule has 1 aromatic carbocycles. The van der Waals surface area contributed by atoms with Gasteiger partial charge in [-0.1, -0.05) is 4.90 Å². The number of hydrogen-bond donors (Lipinski definition) is 0. The average molecular weight is 372 g/mol. The van der Waals surface area contributed by atoms with Crippen molar-refractivity contribution in [3.05, 3.63) is 41.2 Å². The van der Waals surface area contributed by atoms with Crippen LogP contribution in [0.2, 0.25) is 0 Å². The zero-order chi connectivity index (χ0) is 17.9. The molecule has 2 heterocycles. The maximum atomic E-state index is 12.5. The Morgan fingerprint density at radius 3 is 2.76 bits per heavy atom. The minimum Gasteiger partial charge on any atom is -0.376 e. The van der Waals surface area contributed by atoms with Gasteiger partial charge in [0.1, 0.15) is 5.75 Å². The molecule has 1 radical (unpaired) electrons. The van der Waals surface area contributed by atoms with Crippen molar-refractivity contribution in [2.75, 3.05) is 0 Å². The Morgan fingerprint density at radius 1 is 1.20 bits per heavy atom. The Labute approximate surface area is 142 Å². The number of nitrogens with zero attached hydrogens (tertiary/aromatic N) is 2. The predicted octanol–water partition coefficient (Wildman–Crippen LogP) is 3.26. The van der Waals surface area contributed by atoms with Crippen LogP contribution in [-0.2, 0) is 22.1 Å². The van der Waals surface area contributed by atoms with Gasteiger partial charge in [-0.2, -0.15) is 21.6 Å². The van der Waals surface area contributed by atoms with Crippen LogP contribution in [0.15, 0.2) is 35.1 Å². The molecule has 2 aliphatic heterocycles. The number of rotatable bonds is 2. The minimum absolute atomic E-state index is 0.249. The Hall–Kier alpha value is -1.87. The lowest BCUT2D eigenvalue weighted by molar-refractivity contribution is -0.0500. The van der Waals surface area contributed by atoms with Crippen LogP contribution in [0, 0.1) is 0 Å². The first-order valence-electron chi connectivity index (χ1n) is 7.89. The third-order valence-electron chi connectivity index (χ3n) is 5.07. The second kappa shape index (κ2) is 5.31. The number of halogens is 3. The van der Waals surface area contributed by atoms with Crippen molar-refractivity contribution >= 4 is 16.5 Å². The largest absolute Gasteiger partial charge is 0.534 e. The lowest BCUT2D eigenvalue weighted by atomic mass is 9.81. The molecular weight excluding hydrogens is 357 g/mol. The van der Waals surface area contributed by atoms with Crippen molar-refractivity contribution in [1.29, 1.82) is 0 Å². The maximum Gasteiger partial charge on any atom is 0.534 e. The number of piperidine rings is 1. The molecule has 9 heteroatoms. The molecule has 1 atom stereocenters. The maximum absolute atomic E-state index is 12.5. The summed E-state index contributed by atoms with van der Waals surface area (Å²) in [5.41, 5.74) is -2.73. The second-order valence-corrected chi connectivity index (χ2v) is 7.98. The molecule has 25 heavy (non-hydrogen) atoms. The fourth-order valence-electron chi connectivity index (χ4n) is 4.02. The quantitative estimate of drug-likeness (QED) is 0.455. The van der Waals surface area contributed by atoms with Crippen LogP contribution in [0.4, 0.5) is 13.2 Å². The van der Waals surface area contributed by atoms with Gasteiger partial charge in [0.05, 0.1) is 6.20 Å². The van der Waals surface area contributed by atoms with Gasteiger partial charge in [0.2, 0.25) is 6.34 Å². The molecule has 5 nitrogen and oxygen atoms in total. The van der Waals surface area contributed by atoms with E-state index in [1.807, 2.05) is 6.20 Å². The number of fused-ring (bicyclic) bond motifs is 4. The Bertz CT molecular complexity index is 892. The van der Waals surface area contributed by atoms with Crippen LogP contribution >= 0.6 is 0 Å². The number of alkyl halides is 3. The third kappa shape index (κ3) is 2.48. The van der Waals surface area contributed by atoms with Gasteiger partial charge in [-0.15, -0.1) is 0 Å². The van der Waals surface area contributed by atoms with Crippen molar-refractivity contribution in [3.8, 4) is 5.75 Å². The standard InChI is InChI=1S/C16H15F3N2O3S/c17-16(18,19)25(22,23)24-13-3-4-14-11(8-13)5-7-15(14)6-1-2-12-9-20-10-21(12)15/h3-4,8-10H,1-2,5-7H2/q+1. The summed E-state index contributed by atoms with van der Waals surface area (Å²) < 4.78 is 64.1. The van der Waals surface area contributed by atoms with E-state index in [9.17, 15) is 21.6 Å². The Morgan fingerprint density at radius 2 is 2.00 bits per heavy atom. The van der Waals surface area contributed by atoms with E-state index < -0.39 is 15.6 Å². The molecule has 0 N–H and O–H groups in total. The number of benzene rings is 1. The first-order valence-corrected chi connectivity index (χ1v) is 9.30. The van der Waals surface area contributed by atoms with E-state index in [1.165, 1.54) is 12.1 Å². The van der Waals surface area contributed by atoms with Gasteiger partial charge in [-0.05, 0) is 36.6 Å². The number of aryl methyl sites for hydroxylation is 1. The fraction of sp³-hybridized carbons (Fsp3) is 0.438. The summed E-state index contributed by atoms with van der Waals surface area (Å²) in [5, 5.41) is 0. The molecule has 0 aromatic heterocycles. The minimum atomic E-state index is -5.66. The van der Waals surface area contributed by atoms with Gasteiger partial charge in [0.15, 0.2) is 11.2 Å². The molecule has 1 aromatic rings. The van der Waals surface area contributed by atoms with E-state index in [1.54, 1.807) is 12.4 Å². The van der Waals surface area contributed by atoms with Crippen molar-refractivity contribution in [2.24, 2.45) is 4.99 Å². The number of aliphatic imine (C=N–C) groups is 1. The normalized spacial score (nSPS) is 25.8. The van der Waals surface area contributed by atoms with Crippen molar-refractivity contribution in [1.82, 2.24) is 4.90 Å². The van der Waals surface area contributed by atoms with Crippen LogP contribution < -0.4 is 9.08 Å². The summed E-state index contributed by atoms with van der Waals surface area (Å²) in [6.07, 6.45) is 7.96. The summed E-state index contributed by atoms with van der Waals surface area (Å²) in [5.74, 6) is -0.310. The Kier molecular flexibility index (Phi) is 3.52. The van der Waals surface area contributed by atoms with E-state index in [-0.39, 0.29) is 11.3 Å². The van der Waals surface area contributed by atoms with Crippen LogP contribution in [0.3, 0.4) is 0 Å². The summed E-state index contributed by atoms with van der Waals surface area (Å²) >= 11 is 0. The van der Waals surface area contributed by atoms with Gasteiger partial charge < -0.3 is 4.18 Å². The summed E-state index contributed by atoms with van der Waals surface area (Å²) in [7, 11) is -5.66. The zero-order valence-electron chi connectivity index (χ0n) is 13.1. The smallest absolute Gasteiger partial charge is 0.376 e. The highest BCUT2D eigenvalue weighted by Crippen LogP contribution is 2.49. The monoisotopic (exact) mass is 372 g/mol. The fourth-order valence-corrected chi connectivity index (χ4v) is 4.47. The lowest BCUT2D eigenvalue weighted by Crippen LogP contribution is -2.49. The molecule has 1 fully saturated rings. The first kappa shape index (κ1) is 16.6. The van der Waals surface area contributed by atoms with Crippen LogP contribution in [0.1, 0.15) is 36.8 Å². The van der Waals surface area contributed by atoms with E-state index in [0.29, 0.717) is 6.42 Å². The molecule has 0 saturated carbocycles. The van der Waals surface area contributed by atoms with Gasteiger partial charge in [-0.25, -0.2) is 4.99 Å². The highest BCUT2D eigenvalue weighted by Gasteiger charge is 2.56. The highest BCUT2D eigenvalue weighted by atomic mass is 32.2. The molecule has 4 rings (SSSR count). The third-order valence-corrected chi connectivity index (χ3v) is 6.05. The molecule has 0 bridgehead atoms. The molecule has 1 unspecified atom stereocenters. The highest BCUT2D eigenvalue weighted by molar-refractivity contribution is 7.88. The SMILES string of the molecule is O=S(=O)(Oc1ccc2c(c1)CCC21CCCC2=CN=C[N+]21)C(F)(F)F. The van der Waals surface area contributed by atoms with Crippen molar-refractivity contribution in [3.63, 3.8) is 0 Å². The van der Waals surface area contributed by atoms with Crippen LogP contribution in [0.5, 0.6) is 5.75 Å². The van der Waals surface area contributed by atoms with Crippen molar-refractivity contribution in [2.45, 2.75) is 43.2 Å². The molecule has 133 valence electrons. The van der Waals surface area contributed by atoms with E-state index in [2.05, 4.69) is 14.1 Å². The molecule has 0 amide bonds. The molecule has 1 aliphatic carbocycles. The van der Waals surface area contributed by atoms with Gasteiger partial charge in [0.25, 0.3) is 0 Å². The molecule has 3 aliphatic rings. The lowest BCUT2D eigenvalue weighted by Gasteiger charge is -2.33. The summed E-state index contributed by atoms with van der Waals surface area (Å²) in [6, 6.07) is 4.37. The van der Waals surface area contributed by atoms with E-state index in [0.717, 1.165) is 42.5 Å². The second-order valence-electron chi connectivity index (χ2n) is 6.44. The van der Waals surface area contributed by atoms with Gasteiger partial charge in [-0.3, -0.25) is 0 Å². The Balaban J connectivity index is 1.68. The summed E-state index contributed by atoms with van der Waals surface area (Å²) in [4.78, 5) is 6.37. The van der Waals surface area contributed by atoms with Crippen molar-refractivity contribution < 1.29 is 25.8 Å². The molecule has 1 spiro atoms. The molecule has 1 saturated heterocycles. The predicted molar refractivity (Wildman–Crippen MR) is 84.6 cm³/mol. The first-order chi connectivity index (χ1) is 11.7. The van der Waals surface area contributed by atoms with E-state index >= 15 is 0 Å².